The van der Waals surface area contributed by atoms with E-state index in [-0.39, 0.29) is 16.5 Å². The largest absolute Gasteiger partial charge is 0.506 e. The quantitative estimate of drug-likeness (QED) is 0.479. The average molecular weight is 389 g/mol. The minimum atomic E-state index is -0.509. The minimum Gasteiger partial charge on any atom is -0.506 e. The Hall–Kier alpha value is -1.63. The summed E-state index contributed by atoms with van der Waals surface area (Å²) in [6, 6.07) is 6.16. The molecule has 0 spiro atoms. The van der Waals surface area contributed by atoms with Gasteiger partial charge in [0, 0.05) is 16.8 Å². The van der Waals surface area contributed by atoms with E-state index in [0.29, 0.717) is 15.1 Å². The molecule has 0 saturated carbocycles. The van der Waals surface area contributed by atoms with Crippen molar-refractivity contribution < 1.29 is 9.90 Å². The lowest BCUT2D eigenvalue weighted by Crippen LogP contribution is -2.18. The second kappa shape index (κ2) is 6.89. The number of halogens is 3. The topological polar surface area (TPSA) is 74.6 Å². The van der Waals surface area contributed by atoms with Crippen molar-refractivity contribution in [3.05, 3.63) is 56.2 Å². The summed E-state index contributed by atoms with van der Waals surface area (Å²) in [5, 5.41) is 14.1. The van der Waals surface area contributed by atoms with Crippen LogP contribution in [-0.2, 0) is 0 Å². The van der Waals surface area contributed by atoms with Gasteiger partial charge in [0.2, 0.25) is 0 Å². The van der Waals surface area contributed by atoms with Gasteiger partial charge in [-0.15, -0.1) is 0 Å². The molecule has 1 amide bonds. The molecule has 0 aliphatic carbocycles. The van der Waals surface area contributed by atoms with Crippen LogP contribution in [0.4, 0.5) is 0 Å². The van der Waals surface area contributed by atoms with Crippen molar-refractivity contribution in [1.82, 2.24) is 10.4 Å². The molecule has 0 fully saturated rings. The zero-order valence-corrected chi connectivity index (χ0v) is 13.4. The number of carbonyl (C=O) groups is 1. The number of pyridine rings is 1. The third-order valence-electron chi connectivity index (χ3n) is 2.43. The third-order valence-corrected chi connectivity index (χ3v) is 3.56. The molecule has 2 N–H and O–H groups in total. The molecule has 5 nitrogen and oxygen atoms in total. The van der Waals surface area contributed by atoms with Crippen molar-refractivity contribution in [3.8, 4) is 5.75 Å². The molecular weight excluding hydrogens is 381 g/mol. The van der Waals surface area contributed by atoms with Crippen molar-refractivity contribution in [2.45, 2.75) is 0 Å². The fourth-order valence-electron chi connectivity index (χ4n) is 1.46. The van der Waals surface area contributed by atoms with Crippen molar-refractivity contribution >= 4 is 51.3 Å². The number of aromatic nitrogens is 1. The van der Waals surface area contributed by atoms with Gasteiger partial charge in [0.15, 0.2) is 0 Å². The lowest BCUT2D eigenvalue weighted by Gasteiger charge is -2.03. The van der Waals surface area contributed by atoms with Gasteiger partial charge in [-0.1, -0.05) is 23.2 Å². The van der Waals surface area contributed by atoms with Gasteiger partial charge < -0.3 is 5.11 Å². The Morgan fingerprint density at radius 1 is 1.43 bits per heavy atom. The Labute approximate surface area is 138 Å². The van der Waals surface area contributed by atoms with Crippen LogP contribution in [0, 0.1) is 0 Å². The van der Waals surface area contributed by atoms with Crippen LogP contribution in [0.1, 0.15) is 15.9 Å². The number of aromatic hydroxyl groups is 1. The highest BCUT2D eigenvalue weighted by Gasteiger charge is 2.10. The number of rotatable bonds is 3. The summed E-state index contributed by atoms with van der Waals surface area (Å²) in [6.07, 6.45) is 2.75. The van der Waals surface area contributed by atoms with Gasteiger partial charge in [-0.05, 0) is 40.2 Å². The van der Waals surface area contributed by atoms with Crippen LogP contribution in [0.2, 0.25) is 10.2 Å². The summed E-state index contributed by atoms with van der Waals surface area (Å²) in [7, 11) is 0. The van der Waals surface area contributed by atoms with E-state index in [0.717, 1.165) is 0 Å². The minimum absolute atomic E-state index is 0.0307. The van der Waals surface area contributed by atoms with E-state index in [4.69, 9.17) is 23.2 Å². The number of nitrogens with one attached hydrogen (secondary N) is 1. The highest BCUT2D eigenvalue weighted by atomic mass is 79.9. The molecule has 8 heteroatoms. The number of nitrogens with zero attached hydrogens (tertiary/aromatic N) is 2. The average Bonchev–Trinajstić information content (AvgIpc) is 2.44. The summed E-state index contributed by atoms with van der Waals surface area (Å²) < 4.78 is 0.429. The van der Waals surface area contributed by atoms with Crippen LogP contribution < -0.4 is 5.43 Å². The molecule has 2 aromatic rings. The Balaban J connectivity index is 2.13. The van der Waals surface area contributed by atoms with Gasteiger partial charge in [0.05, 0.1) is 16.3 Å². The predicted molar refractivity (Wildman–Crippen MR) is 85.1 cm³/mol. The van der Waals surface area contributed by atoms with Gasteiger partial charge in [0.1, 0.15) is 10.9 Å². The number of hydrazone groups is 1. The molecule has 0 bridgehead atoms. The number of hydrogen-bond acceptors (Lipinski definition) is 4. The molecule has 1 aromatic carbocycles. The lowest BCUT2D eigenvalue weighted by molar-refractivity contribution is 0.0955. The van der Waals surface area contributed by atoms with Gasteiger partial charge in [0.25, 0.3) is 5.91 Å². The van der Waals surface area contributed by atoms with Crippen molar-refractivity contribution in [2.24, 2.45) is 5.10 Å². The van der Waals surface area contributed by atoms with Gasteiger partial charge in [-0.3, -0.25) is 4.79 Å². The van der Waals surface area contributed by atoms with E-state index < -0.39 is 5.91 Å². The van der Waals surface area contributed by atoms with E-state index in [1.165, 1.54) is 24.5 Å². The van der Waals surface area contributed by atoms with E-state index in [1.807, 2.05) is 0 Å². The van der Waals surface area contributed by atoms with E-state index in [2.05, 4.69) is 31.4 Å². The number of carbonyl (C=O) groups excluding carboxylic acids is 1. The first kappa shape index (κ1) is 15.8. The first-order chi connectivity index (χ1) is 9.99. The maximum Gasteiger partial charge on any atom is 0.274 e. The van der Waals surface area contributed by atoms with Crippen molar-refractivity contribution in [3.63, 3.8) is 0 Å². The molecule has 0 unspecified atom stereocenters. The third kappa shape index (κ3) is 3.93. The maximum atomic E-state index is 11.8. The maximum absolute atomic E-state index is 11.8. The van der Waals surface area contributed by atoms with E-state index in [1.54, 1.807) is 12.1 Å². The second-order valence-corrected chi connectivity index (χ2v) is 5.52. The molecule has 0 saturated heterocycles. The summed E-state index contributed by atoms with van der Waals surface area (Å²) in [4.78, 5) is 15.6. The molecular formula is C13H8BrCl2N3O2. The SMILES string of the molecule is O=C(N/N=C/c1cc(Cl)cc(Br)c1O)c1cccnc1Cl. The van der Waals surface area contributed by atoms with Crippen molar-refractivity contribution in [2.75, 3.05) is 0 Å². The first-order valence-electron chi connectivity index (χ1n) is 5.61. The Morgan fingerprint density at radius 3 is 2.90 bits per heavy atom. The summed E-state index contributed by atoms with van der Waals surface area (Å²) in [6.45, 7) is 0. The molecule has 1 aromatic heterocycles. The molecule has 0 aliphatic rings. The zero-order chi connectivity index (χ0) is 15.4. The fourth-order valence-corrected chi connectivity index (χ4v) is 2.50. The van der Waals surface area contributed by atoms with Gasteiger partial charge in [-0.2, -0.15) is 5.10 Å². The molecule has 21 heavy (non-hydrogen) atoms. The lowest BCUT2D eigenvalue weighted by atomic mass is 10.2. The van der Waals surface area contributed by atoms with Crippen LogP contribution in [0.3, 0.4) is 0 Å². The van der Waals surface area contributed by atoms with Crippen LogP contribution in [0.15, 0.2) is 40.0 Å². The Kier molecular flexibility index (Phi) is 5.17. The number of phenols is 1. The van der Waals surface area contributed by atoms with Crippen molar-refractivity contribution in [1.29, 1.82) is 0 Å². The number of amides is 1. The molecule has 108 valence electrons. The van der Waals surface area contributed by atoms with Crippen LogP contribution >= 0.6 is 39.1 Å². The standard InChI is InChI=1S/C13H8BrCl2N3O2/c14-10-5-8(15)4-7(11(10)20)6-18-19-13(21)9-2-1-3-17-12(9)16/h1-6,20H,(H,19,21)/b18-6+. The van der Waals surface area contributed by atoms with Crippen LogP contribution in [-0.4, -0.2) is 22.2 Å². The van der Waals surface area contributed by atoms with Gasteiger partial charge >= 0.3 is 0 Å². The summed E-state index contributed by atoms with van der Waals surface area (Å²) in [5.74, 6) is -0.540. The highest BCUT2D eigenvalue weighted by molar-refractivity contribution is 9.10. The van der Waals surface area contributed by atoms with E-state index in [9.17, 15) is 9.90 Å². The second-order valence-electron chi connectivity index (χ2n) is 3.87. The normalized spacial score (nSPS) is 10.8. The number of phenolic OH excluding ortho intramolecular Hbond substituents is 1. The van der Waals surface area contributed by atoms with Crippen LogP contribution in [0.5, 0.6) is 5.75 Å². The Morgan fingerprint density at radius 2 is 2.19 bits per heavy atom. The predicted octanol–water partition coefficient (Wildman–Crippen LogP) is 3.62. The highest BCUT2D eigenvalue weighted by Crippen LogP contribution is 2.30. The molecule has 2 rings (SSSR count). The monoisotopic (exact) mass is 387 g/mol. The molecule has 0 radical (unpaired) electrons. The molecule has 1 heterocycles. The molecule has 0 aliphatic heterocycles. The summed E-state index contributed by atoms with van der Waals surface area (Å²) in [5.41, 5.74) is 2.85. The van der Waals surface area contributed by atoms with Gasteiger partial charge in [-0.25, -0.2) is 10.4 Å². The fraction of sp³-hybridized carbons (Fsp3) is 0. The zero-order valence-electron chi connectivity index (χ0n) is 10.3. The summed E-state index contributed by atoms with van der Waals surface area (Å²) >= 11 is 14.8. The van der Waals surface area contributed by atoms with E-state index >= 15 is 0 Å². The first-order valence-corrected chi connectivity index (χ1v) is 7.16. The molecule has 0 atom stereocenters. The van der Waals surface area contributed by atoms with Crippen LogP contribution in [0.25, 0.3) is 0 Å². The smallest absolute Gasteiger partial charge is 0.274 e. The number of hydrogen-bond donors (Lipinski definition) is 2. The Bertz CT molecular complexity index is 723. The number of benzene rings is 1.